The quantitative estimate of drug-likeness (QED) is 0.781. The summed E-state index contributed by atoms with van der Waals surface area (Å²) < 4.78 is 19.5. The molecule has 1 unspecified atom stereocenters. The summed E-state index contributed by atoms with van der Waals surface area (Å²) in [6.07, 6.45) is 4.55. The molecule has 0 spiro atoms. The normalized spacial score (nSPS) is 20.2. The largest absolute Gasteiger partial charge is 0.465 e. The van der Waals surface area contributed by atoms with Gasteiger partial charge in [-0.3, -0.25) is 14.6 Å². The van der Waals surface area contributed by atoms with Gasteiger partial charge >= 0.3 is 0 Å². The van der Waals surface area contributed by atoms with Gasteiger partial charge in [-0.25, -0.2) is 4.39 Å². The minimum atomic E-state index is -0.215. The van der Waals surface area contributed by atoms with Crippen LogP contribution in [0.3, 0.4) is 0 Å². The number of nitrogens with zero attached hydrogens (tertiary/aromatic N) is 2. The fraction of sp³-hybridized carbons (Fsp3) is 0.542. The Hall–Kier alpha value is -2.18. The summed E-state index contributed by atoms with van der Waals surface area (Å²) in [6, 6.07) is 7.31. The van der Waals surface area contributed by atoms with Crippen molar-refractivity contribution in [2.24, 2.45) is 0 Å². The topological polar surface area (TPSA) is 48.7 Å². The van der Waals surface area contributed by atoms with Crippen LogP contribution in [0.5, 0.6) is 0 Å². The molecule has 6 heteroatoms. The third-order valence-electron chi connectivity index (χ3n) is 6.45. The number of furan rings is 1. The van der Waals surface area contributed by atoms with Gasteiger partial charge in [0, 0.05) is 50.7 Å². The lowest BCUT2D eigenvalue weighted by Crippen LogP contribution is -2.42. The van der Waals surface area contributed by atoms with Crippen LogP contribution in [0.25, 0.3) is 0 Å². The predicted octanol–water partition coefficient (Wildman–Crippen LogP) is 3.89. The van der Waals surface area contributed by atoms with E-state index in [1.54, 1.807) is 12.1 Å². The van der Waals surface area contributed by atoms with Gasteiger partial charge in [-0.15, -0.1) is 0 Å². The second kappa shape index (κ2) is 9.31. The first kappa shape index (κ1) is 21.1. The Balaban J connectivity index is 1.39. The number of carbonyl (C=O) groups is 1. The molecule has 1 atom stereocenters. The number of piperidine rings is 1. The molecule has 30 heavy (non-hydrogen) atoms. The molecule has 1 aromatic heterocycles. The Morgan fingerprint density at radius 1 is 1.30 bits per heavy atom. The highest BCUT2D eigenvalue weighted by Crippen LogP contribution is 2.29. The fourth-order valence-corrected chi connectivity index (χ4v) is 4.80. The van der Waals surface area contributed by atoms with Crippen molar-refractivity contribution in [2.45, 2.75) is 58.7 Å². The van der Waals surface area contributed by atoms with Gasteiger partial charge < -0.3 is 9.73 Å². The number of hydrogen-bond acceptors (Lipinski definition) is 4. The van der Waals surface area contributed by atoms with Crippen LogP contribution in [0, 0.1) is 12.7 Å². The van der Waals surface area contributed by atoms with Gasteiger partial charge in [-0.2, -0.15) is 0 Å². The molecule has 2 aliphatic heterocycles. The number of fused-ring (bicyclic) bond motifs is 1. The van der Waals surface area contributed by atoms with E-state index < -0.39 is 0 Å². The SMILES string of the molecule is Cc1oc2c(c1C(=O)NCCN1CCCCC1C)CN(Cc1cccc(F)c1)CC2. The van der Waals surface area contributed by atoms with Crippen molar-refractivity contribution >= 4 is 5.91 Å². The number of benzene rings is 1. The zero-order valence-electron chi connectivity index (χ0n) is 18.0. The third kappa shape index (κ3) is 4.76. The standard InChI is InChI=1S/C24H32FN3O2/c1-17-6-3-4-11-28(17)13-10-26-24(29)23-18(2)30-22-9-12-27(16-21(22)23)15-19-7-5-8-20(25)14-19/h5,7-8,14,17H,3-4,6,9-13,15-16H2,1-2H3,(H,26,29). The number of rotatable bonds is 6. The van der Waals surface area contributed by atoms with Crippen LogP contribution in [0.15, 0.2) is 28.7 Å². The molecule has 162 valence electrons. The predicted molar refractivity (Wildman–Crippen MR) is 115 cm³/mol. The molecule has 0 radical (unpaired) electrons. The lowest BCUT2D eigenvalue weighted by Gasteiger charge is -2.33. The minimum absolute atomic E-state index is 0.0465. The molecule has 1 fully saturated rings. The van der Waals surface area contributed by atoms with Crippen LogP contribution < -0.4 is 5.32 Å². The van der Waals surface area contributed by atoms with Crippen LogP contribution in [0.4, 0.5) is 4.39 Å². The van der Waals surface area contributed by atoms with E-state index in [-0.39, 0.29) is 11.7 Å². The maximum atomic E-state index is 13.5. The first-order valence-corrected chi connectivity index (χ1v) is 11.1. The molecular formula is C24H32FN3O2. The lowest BCUT2D eigenvalue weighted by atomic mass is 10.0. The molecule has 0 saturated carbocycles. The van der Waals surface area contributed by atoms with Gasteiger partial charge in [0.1, 0.15) is 17.3 Å². The van der Waals surface area contributed by atoms with Crippen molar-refractivity contribution in [3.63, 3.8) is 0 Å². The number of hydrogen-bond donors (Lipinski definition) is 1. The van der Waals surface area contributed by atoms with Crippen LogP contribution >= 0.6 is 0 Å². The van der Waals surface area contributed by atoms with E-state index in [1.807, 2.05) is 13.0 Å². The number of aryl methyl sites for hydroxylation is 1. The summed E-state index contributed by atoms with van der Waals surface area (Å²) in [5.74, 6) is 1.34. The van der Waals surface area contributed by atoms with Gasteiger partial charge in [0.05, 0.1) is 5.56 Å². The summed E-state index contributed by atoms with van der Waals surface area (Å²) in [4.78, 5) is 17.7. The van der Waals surface area contributed by atoms with Crippen LogP contribution in [0.2, 0.25) is 0 Å². The Morgan fingerprint density at radius 3 is 2.97 bits per heavy atom. The Morgan fingerprint density at radius 2 is 2.17 bits per heavy atom. The molecule has 2 aromatic rings. The zero-order valence-corrected chi connectivity index (χ0v) is 18.0. The van der Waals surface area contributed by atoms with Gasteiger partial charge in [0.25, 0.3) is 5.91 Å². The summed E-state index contributed by atoms with van der Waals surface area (Å²) in [6.45, 7) is 8.94. The van der Waals surface area contributed by atoms with Gasteiger partial charge in [0.15, 0.2) is 0 Å². The second-order valence-corrected chi connectivity index (χ2v) is 8.66. The maximum absolute atomic E-state index is 13.5. The number of carbonyl (C=O) groups excluding carboxylic acids is 1. The highest BCUT2D eigenvalue weighted by atomic mass is 19.1. The highest BCUT2D eigenvalue weighted by molar-refractivity contribution is 5.97. The van der Waals surface area contributed by atoms with E-state index in [0.717, 1.165) is 42.9 Å². The minimum Gasteiger partial charge on any atom is -0.465 e. The second-order valence-electron chi connectivity index (χ2n) is 8.66. The van der Waals surface area contributed by atoms with E-state index in [9.17, 15) is 9.18 Å². The maximum Gasteiger partial charge on any atom is 0.255 e. The number of likely N-dealkylation sites (tertiary alicyclic amines) is 1. The monoisotopic (exact) mass is 413 g/mol. The lowest BCUT2D eigenvalue weighted by molar-refractivity contribution is 0.0935. The van der Waals surface area contributed by atoms with Crippen molar-refractivity contribution in [3.8, 4) is 0 Å². The molecule has 3 heterocycles. The van der Waals surface area contributed by atoms with Crippen LogP contribution in [0.1, 0.15) is 59.2 Å². The van der Waals surface area contributed by atoms with E-state index in [1.165, 1.54) is 25.3 Å². The third-order valence-corrected chi connectivity index (χ3v) is 6.45. The smallest absolute Gasteiger partial charge is 0.255 e. The van der Waals surface area contributed by atoms with Crippen molar-refractivity contribution in [2.75, 3.05) is 26.2 Å². The van der Waals surface area contributed by atoms with Crippen LogP contribution in [-0.4, -0.2) is 47.9 Å². The van der Waals surface area contributed by atoms with Gasteiger partial charge in [-0.1, -0.05) is 18.6 Å². The van der Waals surface area contributed by atoms with Crippen molar-refractivity contribution < 1.29 is 13.6 Å². The molecule has 1 aromatic carbocycles. The molecule has 0 bridgehead atoms. The number of halogens is 1. The van der Waals surface area contributed by atoms with Crippen molar-refractivity contribution in [1.82, 2.24) is 15.1 Å². The van der Waals surface area contributed by atoms with Gasteiger partial charge in [0.2, 0.25) is 0 Å². The molecule has 0 aliphatic carbocycles. The summed E-state index contributed by atoms with van der Waals surface area (Å²) in [5, 5.41) is 3.11. The molecule has 1 saturated heterocycles. The molecule has 1 amide bonds. The Bertz CT molecular complexity index is 895. The molecular weight excluding hydrogens is 381 g/mol. The first-order chi connectivity index (χ1) is 14.5. The van der Waals surface area contributed by atoms with E-state index in [2.05, 4.69) is 22.0 Å². The molecule has 5 nitrogen and oxygen atoms in total. The number of amides is 1. The van der Waals surface area contributed by atoms with Gasteiger partial charge in [-0.05, 0) is 50.9 Å². The number of nitrogens with one attached hydrogen (secondary N) is 1. The summed E-state index contributed by atoms with van der Waals surface area (Å²) in [7, 11) is 0. The van der Waals surface area contributed by atoms with E-state index in [0.29, 0.717) is 37.0 Å². The van der Waals surface area contributed by atoms with Crippen molar-refractivity contribution in [1.29, 1.82) is 0 Å². The average Bonchev–Trinajstić information content (AvgIpc) is 3.04. The highest BCUT2D eigenvalue weighted by Gasteiger charge is 2.28. The van der Waals surface area contributed by atoms with E-state index in [4.69, 9.17) is 4.42 Å². The fourth-order valence-electron chi connectivity index (χ4n) is 4.80. The molecule has 2 aliphatic rings. The first-order valence-electron chi connectivity index (χ1n) is 11.1. The summed E-state index contributed by atoms with van der Waals surface area (Å²) in [5.41, 5.74) is 2.61. The Labute approximate surface area is 178 Å². The van der Waals surface area contributed by atoms with Crippen molar-refractivity contribution in [3.05, 3.63) is 58.3 Å². The average molecular weight is 414 g/mol. The summed E-state index contributed by atoms with van der Waals surface area (Å²) >= 11 is 0. The van der Waals surface area contributed by atoms with Crippen LogP contribution in [-0.2, 0) is 19.5 Å². The zero-order chi connectivity index (χ0) is 21.1. The van der Waals surface area contributed by atoms with E-state index >= 15 is 0 Å². The molecule has 1 N–H and O–H groups in total. The molecule has 4 rings (SSSR count). The Kier molecular flexibility index (Phi) is 6.54.